The number of allylic oxidation sites excluding steroid dienone is 1. The number of ether oxygens (including phenoxy) is 1. The van der Waals surface area contributed by atoms with Crippen molar-refractivity contribution in [1.82, 2.24) is 20.3 Å². The first-order valence-corrected chi connectivity index (χ1v) is 12.7. The Hall–Kier alpha value is -3.59. The standard InChI is InChI=1S/C27H32N6O3/c1-15(2)29-27(35)21-17-3-4-18(13-17)22(21)30-23-20(34)14-28-26-24(23)31-25(32-26)16-5-7-19(8-6-16)33-9-11-36-12-10-33/h3-8,14-15,17-18,21-22,34H,9-13H2,1-2H3,(H,29,35)(H2,28,30,31,32). The Bertz CT molecular complexity index is 1290. The number of rotatable bonds is 6. The summed E-state index contributed by atoms with van der Waals surface area (Å²) in [4.78, 5) is 27.8. The van der Waals surface area contributed by atoms with Gasteiger partial charge in [-0.3, -0.25) is 4.79 Å². The number of aromatic hydroxyl groups is 1. The van der Waals surface area contributed by atoms with Crippen LogP contribution in [0.4, 0.5) is 11.4 Å². The molecule has 3 heterocycles. The summed E-state index contributed by atoms with van der Waals surface area (Å²) in [6.07, 6.45) is 6.70. The third kappa shape index (κ3) is 4.07. The fraction of sp³-hybridized carbons (Fsp3) is 0.444. The van der Waals surface area contributed by atoms with Crippen LogP contribution in [0.1, 0.15) is 20.3 Å². The van der Waals surface area contributed by atoms with Crippen molar-refractivity contribution < 1.29 is 14.6 Å². The van der Waals surface area contributed by atoms with Gasteiger partial charge in [0.05, 0.1) is 25.3 Å². The van der Waals surface area contributed by atoms with Crippen LogP contribution in [0.15, 0.2) is 42.6 Å². The van der Waals surface area contributed by atoms with Gasteiger partial charge in [0.15, 0.2) is 11.4 Å². The lowest BCUT2D eigenvalue weighted by atomic mass is 9.87. The molecule has 2 fully saturated rings. The molecule has 9 nitrogen and oxygen atoms in total. The molecule has 0 spiro atoms. The minimum absolute atomic E-state index is 0.0372. The predicted molar refractivity (Wildman–Crippen MR) is 139 cm³/mol. The van der Waals surface area contributed by atoms with Gasteiger partial charge in [-0.25, -0.2) is 9.97 Å². The van der Waals surface area contributed by atoms with Gasteiger partial charge in [0.2, 0.25) is 5.91 Å². The molecule has 1 saturated heterocycles. The van der Waals surface area contributed by atoms with Crippen molar-refractivity contribution in [1.29, 1.82) is 0 Å². The van der Waals surface area contributed by atoms with E-state index in [1.54, 1.807) is 0 Å². The van der Waals surface area contributed by atoms with Crippen LogP contribution in [0.3, 0.4) is 0 Å². The molecule has 9 heteroatoms. The average Bonchev–Trinajstić information content (AvgIpc) is 3.61. The van der Waals surface area contributed by atoms with Gasteiger partial charge in [0.25, 0.3) is 0 Å². The fourth-order valence-electron chi connectivity index (χ4n) is 5.81. The number of amides is 1. The van der Waals surface area contributed by atoms with E-state index in [2.05, 4.69) is 49.8 Å². The molecule has 1 aliphatic heterocycles. The number of morpholine rings is 1. The van der Waals surface area contributed by atoms with Gasteiger partial charge in [-0.05, 0) is 56.4 Å². The van der Waals surface area contributed by atoms with E-state index in [0.717, 1.165) is 44.0 Å². The number of carbonyl (C=O) groups excluding carboxylic acids is 1. The predicted octanol–water partition coefficient (Wildman–Crippen LogP) is 3.29. The molecule has 4 atom stereocenters. The molecule has 6 rings (SSSR count). The fourth-order valence-corrected chi connectivity index (χ4v) is 5.81. The maximum Gasteiger partial charge on any atom is 0.225 e. The number of nitrogens with zero attached hydrogens (tertiary/aromatic N) is 3. The van der Waals surface area contributed by atoms with Gasteiger partial charge in [-0.15, -0.1) is 0 Å². The SMILES string of the molecule is CC(C)NC(=O)C1C2C=CC(C2)C1Nc1c(O)cnc2nc(-c3ccc(N4CCOCC4)cc3)[nH]c12. The minimum Gasteiger partial charge on any atom is -0.504 e. The summed E-state index contributed by atoms with van der Waals surface area (Å²) < 4.78 is 5.45. The lowest BCUT2D eigenvalue weighted by Crippen LogP contribution is -2.45. The summed E-state index contributed by atoms with van der Waals surface area (Å²) in [6.45, 7) is 7.21. The zero-order chi connectivity index (χ0) is 24.8. The first-order chi connectivity index (χ1) is 17.5. The molecule has 3 aromatic rings. The maximum atomic E-state index is 13.0. The van der Waals surface area contributed by atoms with Crippen LogP contribution >= 0.6 is 0 Å². The highest BCUT2D eigenvalue weighted by atomic mass is 16.5. The number of aromatic amines is 1. The van der Waals surface area contributed by atoms with Crippen molar-refractivity contribution in [2.24, 2.45) is 17.8 Å². The minimum atomic E-state index is -0.194. The van der Waals surface area contributed by atoms with Gasteiger partial charge < -0.3 is 30.4 Å². The van der Waals surface area contributed by atoms with E-state index in [-0.39, 0.29) is 41.5 Å². The quantitative estimate of drug-likeness (QED) is 0.394. The van der Waals surface area contributed by atoms with E-state index in [0.29, 0.717) is 22.7 Å². The molecule has 1 saturated carbocycles. The highest BCUT2D eigenvalue weighted by Gasteiger charge is 2.48. The smallest absolute Gasteiger partial charge is 0.225 e. The number of carbonyl (C=O) groups is 1. The number of nitrogens with one attached hydrogen (secondary N) is 3. The number of aromatic nitrogens is 3. The van der Waals surface area contributed by atoms with E-state index >= 15 is 0 Å². The van der Waals surface area contributed by atoms with Gasteiger partial charge in [0, 0.05) is 36.4 Å². The molecular formula is C27H32N6O3. The van der Waals surface area contributed by atoms with Crippen LogP contribution < -0.4 is 15.5 Å². The van der Waals surface area contributed by atoms with E-state index in [1.165, 1.54) is 6.20 Å². The van der Waals surface area contributed by atoms with E-state index in [1.807, 2.05) is 26.0 Å². The summed E-state index contributed by atoms with van der Waals surface area (Å²) in [5.74, 6) is 1.01. The molecule has 36 heavy (non-hydrogen) atoms. The lowest BCUT2D eigenvalue weighted by Gasteiger charge is -2.29. The number of benzene rings is 1. The van der Waals surface area contributed by atoms with Crippen molar-refractivity contribution in [2.45, 2.75) is 32.4 Å². The van der Waals surface area contributed by atoms with E-state index in [4.69, 9.17) is 9.72 Å². The molecule has 2 bridgehead atoms. The number of pyridine rings is 1. The van der Waals surface area contributed by atoms with Crippen LogP contribution in [0, 0.1) is 17.8 Å². The summed E-state index contributed by atoms with van der Waals surface area (Å²) >= 11 is 0. The highest BCUT2D eigenvalue weighted by Crippen LogP contribution is 2.46. The zero-order valence-corrected chi connectivity index (χ0v) is 20.6. The van der Waals surface area contributed by atoms with Crippen LogP contribution in [0.2, 0.25) is 0 Å². The number of H-pyrrole nitrogens is 1. The van der Waals surface area contributed by atoms with Crippen molar-refractivity contribution in [3.63, 3.8) is 0 Å². The number of fused-ring (bicyclic) bond motifs is 3. The van der Waals surface area contributed by atoms with Crippen LogP contribution in [-0.4, -0.2) is 64.4 Å². The van der Waals surface area contributed by atoms with Gasteiger partial charge >= 0.3 is 0 Å². The van der Waals surface area contributed by atoms with Gasteiger partial charge in [-0.2, -0.15) is 0 Å². The largest absolute Gasteiger partial charge is 0.504 e. The Morgan fingerprint density at radius 3 is 2.67 bits per heavy atom. The molecule has 0 radical (unpaired) electrons. The van der Waals surface area contributed by atoms with Gasteiger partial charge in [0.1, 0.15) is 17.0 Å². The normalized spacial score (nSPS) is 25.1. The Morgan fingerprint density at radius 2 is 1.92 bits per heavy atom. The van der Waals surface area contributed by atoms with Crippen molar-refractivity contribution >= 4 is 28.4 Å². The molecule has 2 aromatic heterocycles. The molecule has 4 unspecified atom stereocenters. The third-order valence-electron chi connectivity index (χ3n) is 7.52. The van der Waals surface area contributed by atoms with Crippen LogP contribution in [0.25, 0.3) is 22.6 Å². The number of hydrogen-bond acceptors (Lipinski definition) is 7. The second kappa shape index (κ2) is 9.13. The molecule has 1 aromatic carbocycles. The molecule has 1 amide bonds. The van der Waals surface area contributed by atoms with Crippen LogP contribution in [0.5, 0.6) is 5.75 Å². The second-order valence-corrected chi connectivity index (χ2v) is 10.3. The monoisotopic (exact) mass is 488 g/mol. The van der Waals surface area contributed by atoms with Crippen molar-refractivity contribution in [3.8, 4) is 17.1 Å². The zero-order valence-electron chi connectivity index (χ0n) is 20.6. The Labute approximate surface area is 210 Å². The molecule has 4 N–H and O–H groups in total. The molecular weight excluding hydrogens is 456 g/mol. The summed E-state index contributed by atoms with van der Waals surface area (Å²) in [7, 11) is 0. The number of anilines is 2. The lowest BCUT2D eigenvalue weighted by molar-refractivity contribution is -0.126. The number of imidazole rings is 1. The van der Waals surface area contributed by atoms with Gasteiger partial charge in [-0.1, -0.05) is 12.2 Å². The Balaban J connectivity index is 1.29. The first-order valence-electron chi connectivity index (χ1n) is 12.7. The van der Waals surface area contributed by atoms with Crippen molar-refractivity contribution in [3.05, 3.63) is 42.6 Å². The maximum absolute atomic E-state index is 13.0. The summed E-state index contributed by atoms with van der Waals surface area (Å²) in [6, 6.07) is 8.24. The average molecular weight is 489 g/mol. The second-order valence-electron chi connectivity index (χ2n) is 10.3. The van der Waals surface area contributed by atoms with E-state index < -0.39 is 0 Å². The summed E-state index contributed by atoms with van der Waals surface area (Å²) in [5.41, 5.74) is 3.79. The molecule has 2 aliphatic carbocycles. The molecule has 188 valence electrons. The highest BCUT2D eigenvalue weighted by molar-refractivity contribution is 5.92. The Morgan fingerprint density at radius 1 is 1.17 bits per heavy atom. The number of hydrogen-bond donors (Lipinski definition) is 4. The topological polar surface area (TPSA) is 115 Å². The first kappa shape index (κ1) is 22.8. The summed E-state index contributed by atoms with van der Waals surface area (Å²) in [5, 5.41) is 17.3. The van der Waals surface area contributed by atoms with Crippen molar-refractivity contribution in [2.75, 3.05) is 36.5 Å². The van der Waals surface area contributed by atoms with E-state index in [9.17, 15) is 9.90 Å². The van der Waals surface area contributed by atoms with Crippen LogP contribution in [-0.2, 0) is 9.53 Å². The third-order valence-corrected chi connectivity index (χ3v) is 7.52. The molecule has 3 aliphatic rings. The Kier molecular flexibility index (Phi) is 5.79.